The SMILES string of the molecule is CCOC1CON=C1c1cc(Cl)ccc1O[C@@H](CC)C(=O)OC. The molecule has 1 heterocycles. The van der Waals surface area contributed by atoms with Gasteiger partial charge in [0.25, 0.3) is 0 Å². The number of esters is 1. The topological polar surface area (TPSA) is 66.3 Å². The number of benzene rings is 1. The van der Waals surface area contributed by atoms with E-state index in [0.29, 0.717) is 41.7 Å². The fourth-order valence-electron chi connectivity index (χ4n) is 2.25. The first-order valence-corrected chi connectivity index (χ1v) is 7.84. The Morgan fingerprint density at radius 2 is 2.26 bits per heavy atom. The standard InChI is InChI=1S/C16H20ClNO5/c1-4-12(16(19)20-3)23-13-7-6-10(17)8-11(13)15-14(21-5-2)9-22-18-15/h6-8,12,14H,4-5,9H2,1-3H3/t12-,14?/m0/s1. The van der Waals surface area contributed by atoms with Crippen LogP contribution in [0.4, 0.5) is 0 Å². The summed E-state index contributed by atoms with van der Waals surface area (Å²) in [7, 11) is 1.33. The summed E-state index contributed by atoms with van der Waals surface area (Å²) in [6.45, 7) is 4.61. The van der Waals surface area contributed by atoms with Crippen LogP contribution in [0.3, 0.4) is 0 Å². The molecule has 126 valence electrons. The second-order valence-corrected chi connectivity index (χ2v) is 5.33. The molecule has 0 aromatic heterocycles. The summed E-state index contributed by atoms with van der Waals surface area (Å²) in [6.07, 6.45) is -0.514. The molecule has 0 spiro atoms. The van der Waals surface area contributed by atoms with Gasteiger partial charge in [-0.1, -0.05) is 23.7 Å². The van der Waals surface area contributed by atoms with Crippen molar-refractivity contribution in [3.05, 3.63) is 28.8 Å². The minimum Gasteiger partial charge on any atom is -0.478 e. The molecular formula is C16H20ClNO5. The van der Waals surface area contributed by atoms with E-state index in [1.54, 1.807) is 18.2 Å². The number of rotatable bonds is 7. The van der Waals surface area contributed by atoms with Gasteiger partial charge in [-0.3, -0.25) is 0 Å². The fraction of sp³-hybridized carbons (Fsp3) is 0.500. The zero-order valence-electron chi connectivity index (χ0n) is 13.4. The minimum atomic E-state index is -0.701. The third kappa shape index (κ3) is 4.14. The van der Waals surface area contributed by atoms with Crippen molar-refractivity contribution < 1.29 is 23.8 Å². The summed E-state index contributed by atoms with van der Waals surface area (Å²) in [4.78, 5) is 16.9. The summed E-state index contributed by atoms with van der Waals surface area (Å²) >= 11 is 6.10. The normalized spacial score (nSPS) is 18.1. The van der Waals surface area contributed by atoms with Crippen molar-refractivity contribution in [2.24, 2.45) is 5.16 Å². The molecule has 2 atom stereocenters. The van der Waals surface area contributed by atoms with Crippen molar-refractivity contribution >= 4 is 23.3 Å². The van der Waals surface area contributed by atoms with Crippen LogP contribution in [0.2, 0.25) is 5.02 Å². The van der Waals surface area contributed by atoms with Gasteiger partial charge in [0.15, 0.2) is 6.10 Å². The van der Waals surface area contributed by atoms with E-state index in [0.717, 1.165) is 0 Å². The summed E-state index contributed by atoms with van der Waals surface area (Å²) in [5, 5.41) is 4.57. The first-order valence-electron chi connectivity index (χ1n) is 7.46. The van der Waals surface area contributed by atoms with Gasteiger partial charge in [-0.15, -0.1) is 0 Å². The molecule has 6 nitrogen and oxygen atoms in total. The quantitative estimate of drug-likeness (QED) is 0.713. The van der Waals surface area contributed by atoms with E-state index in [4.69, 9.17) is 30.6 Å². The van der Waals surface area contributed by atoms with Gasteiger partial charge in [-0.05, 0) is 31.5 Å². The highest BCUT2D eigenvalue weighted by Gasteiger charge is 2.29. The molecule has 0 radical (unpaired) electrons. The van der Waals surface area contributed by atoms with Gasteiger partial charge in [0, 0.05) is 17.2 Å². The average molecular weight is 342 g/mol. The second kappa shape index (κ2) is 8.17. The maximum Gasteiger partial charge on any atom is 0.347 e. The van der Waals surface area contributed by atoms with Crippen molar-refractivity contribution in [3.8, 4) is 5.75 Å². The number of halogens is 1. The lowest BCUT2D eigenvalue weighted by atomic mass is 10.0. The summed E-state index contributed by atoms with van der Waals surface area (Å²) < 4.78 is 16.2. The lowest BCUT2D eigenvalue weighted by Gasteiger charge is -2.19. The van der Waals surface area contributed by atoms with E-state index in [1.807, 2.05) is 13.8 Å². The van der Waals surface area contributed by atoms with Crippen molar-refractivity contribution in [2.75, 3.05) is 20.3 Å². The fourth-order valence-corrected chi connectivity index (χ4v) is 2.42. The van der Waals surface area contributed by atoms with Gasteiger partial charge < -0.3 is 19.0 Å². The van der Waals surface area contributed by atoms with Crippen LogP contribution in [0.5, 0.6) is 5.75 Å². The lowest BCUT2D eigenvalue weighted by Crippen LogP contribution is -2.30. The monoisotopic (exact) mass is 341 g/mol. The Bertz CT molecular complexity index is 590. The predicted molar refractivity (Wildman–Crippen MR) is 86.1 cm³/mol. The van der Waals surface area contributed by atoms with Gasteiger partial charge in [-0.25, -0.2) is 4.79 Å². The predicted octanol–water partition coefficient (Wildman–Crippen LogP) is 2.81. The van der Waals surface area contributed by atoms with Gasteiger partial charge >= 0.3 is 5.97 Å². The van der Waals surface area contributed by atoms with Crippen LogP contribution in [0, 0.1) is 0 Å². The van der Waals surface area contributed by atoms with E-state index >= 15 is 0 Å². The molecule has 0 aliphatic carbocycles. The maximum absolute atomic E-state index is 11.8. The van der Waals surface area contributed by atoms with E-state index in [2.05, 4.69) is 5.16 Å². The smallest absolute Gasteiger partial charge is 0.347 e. The number of carbonyl (C=O) groups excluding carboxylic acids is 1. The molecule has 23 heavy (non-hydrogen) atoms. The van der Waals surface area contributed by atoms with Gasteiger partial charge in [0.2, 0.25) is 0 Å². The van der Waals surface area contributed by atoms with E-state index in [1.165, 1.54) is 7.11 Å². The minimum absolute atomic E-state index is 0.293. The Labute approximate surface area is 140 Å². The zero-order chi connectivity index (χ0) is 16.8. The molecule has 1 aromatic carbocycles. The van der Waals surface area contributed by atoms with E-state index in [-0.39, 0.29) is 6.10 Å². The number of ether oxygens (including phenoxy) is 3. The van der Waals surface area contributed by atoms with Gasteiger partial charge in [0.1, 0.15) is 24.2 Å². The largest absolute Gasteiger partial charge is 0.478 e. The Balaban J connectivity index is 2.32. The molecule has 0 N–H and O–H groups in total. The highest BCUT2D eigenvalue weighted by Crippen LogP contribution is 2.28. The average Bonchev–Trinajstić information content (AvgIpc) is 3.01. The van der Waals surface area contributed by atoms with Gasteiger partial charge in [-0.2, -0.15) is 0 Å². The van der Waals surface area contributed by atoms with E-state index < -0.39 is 12.1 Å². The number of oxime groups is 1. The molecule has 0 bridgehead atoms. The van der Waals surface area contributed by atoms with Crippen LogP contribution in [-0.4, -0.2) is 44.2 Å². The number of methoxy groups -OCH3 is 1. The Hall–Kier alpha value is -1.79. The van der Waals surface area contributed by atoms with Crippen LogP contribution in [0.25, 0.3) is 0 Å². The first-order chi connectivity index (χ1) is 11.1. The molecule has 2 rings (SSSR count). The molecule has 1 aliphatic heterocycles. The first kappa shape index (κ1) is 17.6. The summed E-state index contributed by atoms with van der Waals surface area (Å²) in [5.41, 5.74) is 1.25. The molecule has 1 aromatic rings. The van der Waals surface area contributed by atoms with Crippen LogP contribution >= 0.6 is 11.6 Å². The van der Waals surface area contributed by atoms with Crippen LogP contribution < -0.4 is 4.74 Å². The van der Waals surface area contributed by atoms with Crippen LogP contribution in [0.1, 0.15) is 25.8 Å². The zero-order valence-corrected chi connectivity index (χ0v) is 14.1. The molecule has 1 unspecified atom stereocenters. The molecule has 0 saturated carbocycles. The highest BCUT2D eigenvalue weighted by molar-refractivity contribution is 6.31. The number of hydrogen-bond donors (Lipinski definition) is 0. The van der Waals surface area contributed by atoms with E-state index in [9.17, 15) is 4.79 Å². The van der Waals surface area contributed by atoms with Crippen molar-refractivity contribution in [1.82, 2.24) is 0 Å². The van der Waals surface area contributed by atoms with Crippen molar-refractivity contribution in [2.45, 2.75) is 32.5 Å². The summed E-state index contributed by atoms with van der Waals surface area (Å²) in [6, 6.07) is 5.12. The Morgan fingerprint density at radius 3 is 2.91 bits per heavy atom. The lowest BCUT2D eigenvalue weighted by molar-refractivity contribution is -0.148. The number of carbonyl (C=O) groups is 1. The van der Waals surface area contributed by atoms with Crippen molar-refractivity contribution in [3.63, 3.8) is 0 Å². The molecule has 0 saturated heterocycles. The molecular weight excluding hydrogens is 322 g/mol. The molecule has 1 aliphatic rings. The second-order valence-electron chi connectivity index (χ2n) is 4.89. The molecule has 0 amide bonds. The van der Waals surface area contributed by atoms with Crippen LogP contribution in [0.15, 0.2) is 23.4 Å². The highest BCUT2D eigenvalue weighted by atomic mass is 35.5. The van der Waals surface area contributed by atoms with Crippen LogP contribution in [-0.2, 0) is 19.1 Å². The Morgan fingerprint density at radius 1 is 1.48 bits per heavy atom. The third-order valence-electron chi connectivity index (χ3n) is 3.38. The third-order valence-corrected chi connectivity index (χ3v) is 3.62. The number of nitrogens with zero attached hydrogens (tertiary/aromatic N) is 1. The maximum atomic E-state index is 11.8. The summed E-state index contributed by atoms with van der Waals surface area (Å²) in [5.74, 6) is 0.0555. The van der Waals surface area contributed by atoms with Crippen molar-refractivity contribution in [1.29, 1.82) is 0 Å². The van der Waals surface area contributed by atoms with Gasteiger partial charge in [0.05, 0.1) is 7.11 Å². The molecule has 0 fully saturated rings. The number of hydrogen-bond acceptors (Lipinski definition) is 6. The Kier molecular flexibility index (Phi) is 6.24. The molecule has 7 heteroatoms.